The van der Waals surface area contributed by atoms with Crippen LogP contribution in [-0.2, 0) is 16.0 Å². The van der Waals surface area contributed by atoms with Gasteiger partial charge in [-0.3, -0.25) is 9.59 Å². The van der Waals surface area contributed by atoms with Crippen LogP contribution < -0.4 is 10.6 Å². The minimum absolute atomic E-state index is 0.0322. The average Bonchev–Trinajstić information content (AvgIpc) is 3.15. The van der Waals surface area contributed by atoms with Crippen molar-refractivity contribution in [3.05, 3.63) is 48.0 Å². The second-order valence-corrected chi connectivity index (χ2v) is 8.04. The number of nitrogens with one attached hydrogen (secondary N) is 2. The van der Waals surface area contributed by atoms with Gasteiger partial charge < -0.3 is 15.1 Å². The standard InChI is InChI=1S/C23H29FN2O3/c1-15(2)25-23(28)16-6-5-7-17(14-16)26-22(27)13-11-18-10-12-21(29-18)19-8-3-4-9-20(19)24/h3-4,8-10,12,15-17H,5-7,11,13-14H2,1-2H3,(H,25,28)(H,26,27). The largest absolute Gasteiger partial charge is 0.461 e. The van der Waals surface area contributed by atoms with E-state index in [0.29, 0.717) is 36.3 Å². The molecule has 1 fully saturated rings. The highest BCUT2D eigenvalue weighted by Gasteiger charge is 2.28. The van der Waals surface area contributed by atoms with E-state index in [2.05, 4.69) is 10.6 Å². The molecule has 0 saturated heterocycles. The zero-order chi connectivity index (χ0) is 20.8. The van der Waals surface area contributed by atoms with E-state index in [4.69, 9.17) is 4.42 Å². The number of hydrogen-bond acceptors (Lipinski definition) is 3. The Morgan fingerprint density at radius 3 is 2.72 bits per heavy atom. The number of carbonyl (C=O) groups excluding carboxylic acids is 2. The summed E-state index contributed by atoms with van der Waals surface area (Å²) in [5.74, 6) is 0.768. The minimum Gasteiger partial charge on any atom is -0.461 e. The van der Waals surface area contributed by atoms with Gasteiger partial charge in [0.1, 0.15) is 17.3 Å². The van der Waals surface area contributed by atoms with Crippen LogP contribution in [0.3, 0.4) is 0 Å². The van der Waals surface area contributed by atoms with Crippen LogP contribution in [0.25, 0.3) is 11.3 Å². The Kier molecular flexibility index (Phi) is 7.07. The van der Waals surface area contributed by atoms with E-state index in [9.17, 15) is 14.0 Å². The summed E-state index contributed by atoms with van der Waals surface area (Å²) in [7, 11) is 0. The SMILES string of the molecule is CC(C)NC(=O)C1CCCC(NC(=O)CCc2ccc(-c3ccccc3F)o2)C1. The first-order valence-electron chi connectivity index (χ1n) is 10.4. The summed E-state index contributed by atoms with van der Waals surface area (Å²) in [5.41, 5.74) is 0.413. The summed E-state index contributed by atoms with van der Waals surface area (Å²) in [4.78, 5) is 24.6. The Balaban J connectivity index is 1.48. The van der Waals surface area contributed by atoms with Crippen LogP contribution in [-0.4, -0.2) is 23.9 Å². The maximum absolute atomic E-state index is 13.9. The van der Waals surface area contributed by atoms with E-state index in [1.165, 1.54) is 6.07 Å². The third-order valence-electron chi connectivity index (χ3n) is 5.24. The van der Waals surface area contributed by atoms with Crippen molar-refractivity contribution in [2.24, 2.45) is 5.92 Å². The Morgan fingerprint density at radius 1 is 1.17 bits per heavy atom. The molecule has 1 aliphatic rings. The van der Waals surface area contributed by atoms with Crippen molar-refractivity contribution >= 4 is 11.8 Å². The molecular weight excluding hydrogens is 371 g/mol. The quantitative estimate of drug-likeness (QED) is 0.731. The molecule has 6 heteroatoms. The lowest BCUT2D eigenvalue weighted by Crippen LogP contribution is -2.43. The van der Waals surface area contributed by atoms with Gasteiger partial charge in [-0.25, -0.2) is 4.39 Å². The predicted molar refractivity (Wildman–Crippen MR) is 110 cm³/mol. The van der Waals surface area contributed by atoms with Crippen LogP contribution in [0.15, 0.2) is 40.8 Å². The van der Waals surface area contributed by atoms with Crippen molar-refractivity contribution in [1.82, 2.24) is 10.6 Å². The van der Waals surface area contributed by atoms with Gasteiger partial charge in [0.05, 0.1) is 5.56 Å². The van der Waals surface area contributed by atoms with E-state index in [-0.39, 0.29) is 35.6 Å². The van der Waals surface area contributed by atoms with Crippen LogP contribution in [0.5, 0.6) is 0 Å². The van der Waals surface area contributed by atoms with Crippen LogP contribution in [0.4, 0.5) is 4.39 Å². The number of aryl methyl sites for hydroxylation is 1. The van der Waals surface area contributed by atoms with Crippen molar-refractivity contribution in [3.8, 4) is 11.3 Å². The van der Waals surface area contributed by atoms with E-state index >= 15 is 0 Å². The van der Waals surface area contributed by atoms with Gasteiger partial charge >= 0.3 is 0 Å². The topological polar surface area (TPSA) is 71.3 Å². The van der Waals surface area contributed by atoms with Crippen LogP contribution >= 0.6 is 0 Å². The van der Waals surface area contributed by atoms with Gasteiger partial charge in [0.15, 0.2) is 0 Å². The molecule has 0 spiro atoms. The number of halogens is 1. The van der Waals surface area contributed by atoms with Gasteiger partial charge in [0.2, 0.25) is 11.8 Å². The summed E-state index contributed by atoms with van der Waals surface area (Å²) >= 11 is 0. The van der Waals surface area contributed by atoms with Crippen molar-refractivity contribution in [3.63, 3.8) is 0 Å². The molecule has 156 valence electrons. The Labute approximate surface area is 171 Å². The monoisotopic (exact) mass is 400 g/mol. The first kappa shape index (κ1) is 21.1. The summed E-state index contributed by atoms with van der Waals surface area (Å²) in [5, 5.41) is 6.02. The molecule has 29 heavy (non-hydrogen) atoms. The summed E-state index contributed by atoms with van der Waals surface area (Å²) in [6.45, 7) is 3.90. The third-order valence-corrected chi connectivity index (χ3v) is 5.24. The highest BCUT2D eigenvalue weighted by molar-refractivity contribution is 5.79. The van der Waals surface area contributed by atoms with Crippen LogP contribution in [0.2, 0.25) is 0 Å². The minimum atomic E-state index is -0.334. The molecule has 0 aliphatic heterocycles. The smallest absolute Gasteiger partial charge is 0.223 e. The van der Waals surface area contributed by atoms with Gasteiger partial charge in [-0.15, -0.1) is 0 Å². The number of benzene rings is 1. The highest BCUT2D eigenvalue weighted by atomic mass is 19.1. The summed E-state index contributed by atoms with van der Waals surface area (Å²) in [6, 6.07) is 10.1. The second kappa shape index (κ2) is 9.72. The summed E-state index contributed by atoms with van der Waals surface area (Å²) in [6.07, 6.45) is 4.13. The molecule has 1 aromatic carbocycles. The second-order valence-electron chi connectivity index (χ2n) is 8.04. The molecule has 3 rings (SSSR count). The molecule has 2 atom stereocenters. The molecule has 1 heterocycles. The average molecular weight is 400 g/mol. The molecule has 2 N–H and O–H groups in total. The van der Waals surface area contributed by atoms with Gasteiger partial charge in [0.25, 0.3) is 0 Å². The fourth-order valence-corrected chi connectivity index (χ4v) is 3.82. The van der Waals surface area contributed by atoms with Gasteiger partial charge in [0, 0.05) is 30.8 Å². The zero-order valence-corrected chi connectivity index (χ0v) is 17.0. The van der Waals surface area contributed by atoms with Crippen molar-refractivity contribution < 1.29 is 18.4 Å². The highest BCUT2D eigenvalue weighted by Crippen LogP contribution is 2.26. The maximum atomic E-state index is 13.9. The van der Waals surface area contributed by atoms with Gasteiger partial charge in [-0.05, 0) is 57.4 Å². The molecule has 2 amide bonds. The molecule has 1 aliphatic carbocycles. The molecular formula is C23H29FN2O3. The molecule has 2 aromatic rings. The first-order chi connectivity index (χ1) is 13.9. The lowest BCUT2D eigenvalue weighted by Gasteiger charge is -2.29. The van der Waals surface area contributed by atoms with Crippen molar-refractivity contribution in [2.45, 2.75) is 64.5 Å². The number of rotatable bonds is 7. The normalized spacial score (nSPS) is 19.2. The molecule has 1 saturated carbocycles. The summed E-state index contributed by atoms with van der Waals surface area (Å²) < 4.78 is 19.6. The van der Waals surface area contributed by atoms with Crippen molar-refractivity contribution in [1.29, 1.82) is 0 Å². The van der Waals surface area contributed by atoms with Gasteiger partial charge in [-0.2, -0.15) is 0 Å². The van der Waals surface area contributed by atoms with Crippen molar-refractivity contribution in [2.75, 3.05) is 0 Å². The number of furan rings is 1. The van der Waals surface area contributed by atoms with Crippen LogP contribution in [0.1, 0.15) is 51.7 Å². The Hall–Kier alpha value is -2.63. The molecule has 5 nitrogen and oxygen atoms in total. The third kappa shape index (κ3) is 5.92. The lowest BCUT2D eigenvalue weighted by molar-refractivity contribution is -0.128. The Morgan fingerprint density at radius 2 is 1.97 bits per heavy atom. The molecule has 0 radical (unpaired) electrons. The number of hydrogen-bond donors (Lipinski definition) is 2. The zero-order valence-electron chi connectivity index (χ0n) is 17.0. The fourth-order valence-electron chi connectivity index (χ4n) is 3.82. The first-order valence-corrected chi connectivity index (χ1v) is 10.4. The van der Waals surface area contributed by atoms with E-state index in [0.717, 1.165) is 19.3 Å². The lowest BCUT2D eigenvalue weighted by atomic mass is 9.85. The fraction of sp³-hybridized carbons (Fsp3) is 0.478. The van der Waals surface area contributed by atoms with Gasteiger partial charge in [-0.1, -0.05) is 18.6 Å². The maximum Gasteiger partial charge on any atom is 0.223 e. The predicted octanol–water partition coefficient (Wildman–Crippen LogP) is 4.22. The van der Waals surface area contributed by atoms with E-state index in [1.54, 1.807) is 30.3 Å². The van der Waals surface area contributed by atoms with Crippen LogP contribution in [0, 0.1) is 11.7 Å². The van der Waals surface area contributed by atoms with E-state index < -0.39 is 0 Å². The molecule has 1 aromatic heterocycles. The van der Waals surface area contributed by atoms with E-state index in [1.807, 2.05) is 13.8 Å². The number of carbonyl (C=O) groups is 2. The molecule has 0 bridgehead atoms. The Bertz CT molecular complexity index is 846. The number of amides is 2. The molecule has 2 unspecified atom stereocenters.